The van der Waals surface area contributed by atoms with E-state index in [1.165, 1.54) is 7.48 Å². The average Bonchev–Trinajstić information content (AvgIpc) is 2.44. The van der Waals surface area contributed by atoms with E-state index < -0.39 is 0 Å². The van der Waals surface area contributed by atoms with E-state index in [0.717, 1.165) is 12.1 Å². The van der Waals surface area contributed by atoms with Gasteiger partial charge in [-0.1, -0.05) is 26.1 Å². The van der Waals surface area contributed by atoms with Gasteiger partial charge in [0.15, 0.2) is 0 Å². The van der Waals surface area contributed by atoms with Gasteiger partial charge in [-0.05, 0) is 19.3 Å². The summed E-state index contributed by atoms with van der Waals surface area (Å²) in [5.41, 5.74) is 0.878. The second-order valence-corrected chi connectivity index (χ2v) is 5.68. The summed E-state index contributed by atoms with van der Waals surface area (Å²) in [5, 5.41) is 15.6. The molecule has 0 bridgehead atoms. The van der Waals surface area contributed by atoms with Gasteiger partial charge in [0.2, 0.25) is 0 Å². The van der Waals surface area contributed by atoms with Crippen LogP contribution in [0, 0.1) is 5.92 Å². The smallest absolute Gasteiger partial charge is 0.311 e. The van der Waals surface area contributed by atoms with E-state index in [0.29, 0.717) is 17.5 Å². The van der Waals surface area contributed by atoms with Gasteiger partial charge >= 0.3 is 7.48 Å². The van der Waals surface area contributed by atoms with Crippen molar-refractivity contribution in [3.05, 3.63) is 24.3 Å². The number of nitrogens with one attached hydrogen (secondary N) is 2. The first-order valence-corrected chi connectivity index (χ1v) is 7.20. The molecule has 20 heavy (non-hydrogen) atoms. The lowest BCUT2D eigenvalue weighted by molar-refractivity contribution is 0.497. The van der Waals surface area contributed by atoms with Gasteiger partial charge in [0.05, 0.1) is 10.7 Å². The monoisotopic (exact) mass is 293 g/mol. The molecule has 5 nitrogen and oxygen atoms in total. The van der Waals surface area contributed by atoms with Crippen LogP contribution in [0.5, 0.6) is 0 Å². The number of nitrogens with zero attached hydrogens (tertiary/aromatic N) is 2. The van der Waals surface area contributed by atoms with Crippen LogP contribution in [0.2, 0.25) is 0 Å². The third-order valence-corrected chi connectivity index (χ3v) is 3.11. The molecule has 1 radical (unpaired) electrons. The number of thiocarbonyl (C=S) groups is 1. The summed E-state index contributed by atoms with van der Waals surface area (Å²) in [6.07, 6.45) is 5.90. The fraction of sp³-hybridized carbons (Fsp3) is 0.615. The van der Waals surface area contributed by atoms with Gasteiger partial charge in [0, 0.05) is 37.1 Å². The largest absolute Gasteiger partial charge is 0.452 e. The molecule has 1 aromatic heterocycles. The second kappa shape index (κ2) is 8.99. The van der Waals surface area contributed by atoms with Crippen molar-refractivity contribution in [3.8, 4) is 0 Å². The van der Waals surface area contributed by atoms with Gasteiger partial charge < -0.3 is 15.7 Å². The molecule has 0 aliphatic heterocycles. The molecule has 0 saturated carbocycles. The zero-order chi connectivity index (χ0) is 15.0. The third kappa shape index (κ3) is 6.41. The fourth-order valence-corrected chi connectivity index (χ4v) is 2.04. The average molecular weight is 293 g/mol. The molecule has 1 aromatic rings. The molecule has 0 aromatic carbocycles. The first-order valence-electron chi connectivity index (χ1n) is 6.79. The Bertz CT molecular complexity index is 405. The van der Waals surface area contributed by atoms with Crippen molar-refractivity contribution < 1.29 is 5.02 Å². The van der Waals surface area contributed by atoms with Crippen LogP contribution >= 0.6 is 12.2 Å². The predicted octanol–water partition coefficient (Wildman–Crippen LogP) is 1.03. The fourth-order valence-electron chi connectivity index (χ4n) is 1.81. The van der Waals surface area contributed by atoms with Crippen LogP contribution < -0.4 is 10.6 Å². The van der Waals surface area contributed by atoms with E-state index in [1.807, 2.05) is 6.92 Å². The summed E-state index contributed by atoms with van der Waals surface area (Å²) in [7, 11) is 1.17. The highest BCUT2D eigenvalue weighted by Gasteiger charge is 2.13. The summed E-state index contributed by atoms with van der Waals surface area (Å²) in [5.74, 6) is 0.390. The molecule has 0 aliphatic carbocycles. The summed E-state index contributed by atoms with van der Waals surface area (Å²) in [6, 6.07) is 0.0742. The molecular formula is C13H22BN4OS. The van der Waals surface area contributed by atoms with Crippen LogP contribution in [0.1, 0.15) is 38.9 Å². The van der Waals surface area contributed by atoms with Crippen LogP contribution in [0.15, 0.2) is 18.6 Å². The standard InChI is InChI=1S/C13H22BN4OS/c1-9(2)6-12(14-19)18-13(20)8-17-10(3)11-7-15-4-5-16-11/h4-5,7,9-10,12,17,19H,6,8H2,1-3H3,(H,18,20)/t10?,12-/m0/s1. The normalized spacial score (nSPS) is 13.8. The number of aromatic nitrogens is 2. The lowest BCUT2D eigenvalue weighted by Gasteiger charge is -2.20. The van der Waals surface area contributed by atoms with Gasteiger partial charge in [-0.25, -0.2) is 0 Å². The molecule has 1 unspecified atom stereocenters. The minimum absolute atomic E-state index is 0.0742. The first kappa shape index (κ1) is 17.0. The van der Waals surface area contributed by atoms with Gasteiger partial charge in [-0.2, -0.15) is 0 Å². The van der Waals surface area contributed by atoms with Gasteiger partial charge in [0.1, 0.15) is 0 Å². The Balaban J connectivity index is 2.35. The zero-order valence-corrected chi connectivity index (χ0v) is 13.0. The maximum Gasteiger partial charge on any atom is 0.311 e. The Labute approximate surface area is 126 Å². The maximum atomic E-state index is 9.19. The molecule has 0 aliphatic rings. The molecule has 2 atom stereocenters. The zero-order valence-electron chi connectivity index (χ0n) is 12.2. The topological polar surface area (TPSA) is 70.1 Å². The lowest BCUT2D eigenvalue weighted by atomic mass is 9.82. The highest BCUT2D eigenvalue weighted by atomic mass is 32.1. The first-order chi connectivity index (χ1) is 9.52. The Morgan fingerprint density at radius 3 is 2.70 bits per heavy atom. The Hall–Kier alpha value is -1.05. The second-order valence-electron chi connectivity index (χ2n) is 5.19. The molecule has 109 valence electrons. The van der Waals surface area contributed by atoms with Crippen LogP contribution in [-0.2, 0) is 0 Å². The quantitative estimate of drug-likeness (QED) is 0.491. The lowest BCUT2D eigenvalue weighted by Crippen LogP contribution is -2.43. The highest BCUT2D eigenvalue weighted by Crippen LogP contribution is 2.06. The van der Waals surface area contributed by atoms with E-state index in [-0.39, 0.29) is 12.0 Å². The van der Waals surface area contributed by atoms with Gasteiger partial charge in [0.25, 0.3) is 0 Å². The Morgan fingerprint density at radius 1 is 1.40 bits per heavy atom. The van der Waals surface area contributed by atoms with Crippen molar-refractivity contribution in [2.75, 3.05) is 6.54 Å². The Kier molecular flexibility index (Phi) is 7.65. The molecule has 0 spiro atoms. The minimum atomic E-state index is -0.101. The summed E-state index contributed by atoms with van der Waals surface area (Å²) in [6.45, 7) is 6.76. The molecule has 1 heterocycles. The molecular weight excluding hydrogens is 271 g/mol. The van der Waals surface area contributed by atoms with Crippen molar-refractivity contribution in [3.63, 3.8) is 0 Å². The molecule has 0 amide bonds. The van der Waals surface area contributed by atoms with E-state index in [1.54, 1.807) is 18.6 Å². The summed E-state index contributed by atoms with van der Waals surface area (Å²) < 4.78 is 0. The van der Waals surface area contributed by atoms with Crippen molar-refractivity contribution >= 4 is 24.7 Å². The Morgan fingerprint density at radius 2 is 2.15 bits per heavy atom. The maximum absolute atomic E-state index is 9.19. The summed E-state index contributed by atoms with van der Waals surface area (Å²) in [4.78, 5) is 8.95. The number of rotatable bonds is 8. The third-order valence-electron chi connectivity index (χ3n) is 2.85. The van der Waals surface area contributed by atoms with E-state index in [9.17, 15) is 5.02 Å². The highest BCUT2D eigenvalue weighted by molar-refractivity contribution is 7.80. The molecule has 3 N–H and O–H groups in total. The van der Waals surface area contributed by atoms with Crippen LogP contribution in [0.4, 0.5) is 0 Å². The predicted molar refractivity (Wildman–Crippen MR) is 85.4 cm³/mol. The van der Waals surface area contributed by atoms with Crippen LogP contribution in [-0.4, -0.2) is 39.9 Å². The minimum Gasteiger partial charge on any atom is -0.452 e. The van der Waals surface area contributed by atoms with Crippen LogP contribution in [0.25, 0.3) is 0 Å². The van der Waals surface area contributed by atoms with Crippen molar-refractivity contribution in [2.24, 2.45) is 5.92 Å². The van der Waals surface area contributed by atoms with E-state index in [4.69, 9.17) is 12.2 Å². The van der Waals surface area contributed by atoms with Crippen molar-refractivity contribution in [1.29, 1.82) is 0 Å². The van der Waals surface area contributed by atoms with E-state index >= 15 is 0 Å². The summed E-state index contributed by atoms with van der Waals surface area (Å²) >= 11 is 5.28. The number of hydrogen-bond donors (Lipinski definition) is 3. The van der Waals surface area contributed by atoms with Gasteiger partial charge in [-0.3, -0.25) is 9.97 Å². The molecule has 7 heteroatoms. The van der Waals surface area contributed by atoms with E-state index in [2.05, 4.69) is 34.4 Å². The molecule has 0 fully saturated rings. The number of hydrogen-bond acceptors (Lipinski definition) is 5. The van der Waals surface area contributed by atoms with Crippen LogP contribution in [0.3, 0.4) is 0 Å². The molecule has 0 saturated heterocycles. The van der Waals surface area contributed by atoms with Crippen molar-refractivity contribution in [1.82, 2.24) is 20.6 Å². The van der Waals surface area contributed by atoms with Gasteiger partial charge in [-0.15, -0.1) is 0 Å². The molecule has 1 rings (SSSR count). The SMILES string of the molecule is CC(C)C[C@@H]([B]O)NC(=S)CNC(C)c1cnccn1. The van der Waals surface area contributed by atoms with Crippen molar-refractivity contribution in [2.45, 2.75) is 39.2 Å².